The molecular weight excluding hydrogens is 528 g/mol. The molecule has 0 aromatic carbocycles. The van der Waals surface area contributed by atoms with E-state index in [-0.39, 0.29) is 47.4 Å². The van der Waals surface area contributed by atoms with Gasteiger partial charge in [0.15, 0.2) is 12.1 Å². The Labute approximate surface area is 243 Å². The third kappa shape index (κ3) is 4.27. The van der Waals surface area contributed by atoms with Gasteiger partial charge < -0.3 is 44.5 Å². The van der Waals surface area contributed by atoms with Gasteiger partial charge in [0, 0.05) is 12.3 Å². The minimum absolute atomic E-state index is 0.0699. The molecule has 9 nitrogen and oxygen atoms in total. The van der Waals surface area contributed by atoms with Crippen molar-refractivity contribution in [2.24, 2.45) is 52.3 Å². The van der Waals surface area contributed by atoms with Crippen molar-refractivity contribution in [1.82, 2.24) is 0 Å². The van der Waals surface area contributed by atoms with Crippen LogP contribution in [0.15, 0.2) is 0 Å². The fraction of sp³-hybridized carbons (Fsp3) is 1.00. The van der Waals surface area contributed by atoms with E-state index in [0.29, 0.717) is 36.5 Å². The summed E-state index contributed by atoms with van der Waals surface area (Å²) in [7, 11) is 0. The summed E-state index contributed by atoms with van der Waals surface area (Å²) in [5.41, 5.74) is -0.307. The molecule has 0 radical (unpaired) electrons. The van der Waals surface area contributed by atoms with Gasteiger partial charge in [0.1, 0.15) is 18.3 Å². The number of aliphatic hydroxyl groups is 5. The van der Waals surface area contributed by atoms with E-state index in [9.17, 15) is 25.5 Å². The van der Waals surface area contributed by atoms with Gasteiger partial charge in [-0.15, -0.1) is 0 Å². The molecule has 4 saturated carbocycles. The lowest BCUT2D eigenvalue weighted by molar-refractivity contribution is -0.312. The van der Waals surface area contributed by atoms with Crippen LogP contribution in [0.3, 0.4) is 0 Å². The van der Waals surface area contributed by atoms with Crippen LogP contribution in [0.5, 0.6) is 0 Å². The summed E-state index contributed by atoms with van der Waals surface area (Å²) in [6.45, 7) is 9.90. The maximum atomic E-state index is 10.9. The summed E-state index contributed by atoms with van der Waals surface area (Å²) in [6.07, 6.45) is 0.498. The number of ether oxygens (including phenoxy) is 4. The molecular formula is C32H52O9. The molecule has 234 valence electrons. The van der Waals surface area contributed by atoms with Gasteiger partial charge in [-0.2, -0.15) is 0 Å². The Bertz CT molecular complexity index is 986. The summed E-state index contributed by atoms with van der Waals surface area (Å²) in [4.78, 5) is 0. The zero-order valence-corrected chi connectivity index (χ0v) is 25.1. The van der Waals surface area contributed by atoms with Gasteiger partial charge in [-0.25, -0.2) is 0 Å². The molecule has 7 aliphatic rings. The van der Waals surface area contributed by atoms with Crippen LogP contribution in [-0.2, 0) is 18.9 Å². The highest BCUT2D eigenvalue weighted by Gasteiger charge is 2.71. The number of rotatable bonds is 2. The first kappa shape index (κ1) is 29.4. The molecule has 0 unspecified atom stereocenters. The van der Waals surface area contributed by atoms with Gasteiger partial charge in [0.05, 0.1) is 37.6 Å². The van der Waals surface area contributed by atoms with Crippen molar-refractivity contribution < 1.29 is 44.5 Å². The van der Waals surface area contributed by atoms with Crippen LogP contribution in [0.2, 0.25) is 0 Å². The molecule has 1 spiro atoms. The summed E-state index contributed by atoms with van der Waals surface area (Å²) >= 11 is 0. The largest absolute Gasteiger partial charge is 0.390 e. The second-order valence-corrected chi connectivity index (χ2v) is 15.8. The Morgan fingerprint density at radius 2 is 1.56 bits per heavy atom. The molecule has 0 aromatic rings. The van der Waals surface area contributed by atoms with Gasteiger partial charge in [0.2, 0.25) is 0 Å². The minimum Gasteiger partial charge on any atom is -0.390 e. The third-order valence-electron chi connectivity index (χ3n) is 13.6. The Morgan fingerprint density at radius 3 is 2.29 bits per heavy atom. The predicted molar refractivity (Wildman–Crippen MR) is 147 cm³/mol. The zero-order valence-electron chi connectivity index (χ0n) is 25.1. The van der Waals surface area contributed by atoms with Gasteiger partial charge in [-0.1, -0.05) is 27.7 Å². The molecule has 7 fully saturated rings. The van der Waals surface area contributed by atoms with Gasteiger partial charge >= 0.3 is 0 Å². The molecule has 18 atom stereocenters. The van der Waals surface area contributed by atoms with E-state index < -0.39 is 42.6 Å². The second kappa shape index (κ2) is 10.1. The third-order valence-corrected chi connectivity index (χ3v) is 13.6. The van der Waals surface area contributed by atoms with Crippen molar-refractivity contribution in [3.63, 3.8) is 0 Å². The maximum absolute atomic E-state index is 10.9. The first-order valence-electron chi connectivity index (χ1n) is 16.4. The first-order valence-corrected chi connectivity index (χ1v) is 16.4. The molecule has 9 heteroatoms. The van der Waals surface area contributed by atoms with E-state index in [4.69, 9.17) is 18.9 Å². The number of hydrogen-bond acceptors (Lipinski definition) is 9. The number of aliphatic hydroxyl groups excluding tert-OH is 5. The molecule has 3 saturated heterocycles. The van der Waals surface area contributed by atoms with E-state index in [0.717, 1.165) is 45.1 Å². The molecule has 0 amide bonds. The van der Waals surface area contributed by atoms with Crippen molar-refractivity contribution in [2.75, 3.05) is 13.2 Å². The molecule has 5 N–H and O–H groups in total. The molecule has 3 aliphatic heterocycles. The van der Waals surface area contributed by atoms with Crippen LogP contribution in [0.4, 0.5) is 0 Å². The fourth-order valence-electron chi connectivity index (χ4n) is 11.6. The molecule has 0 bridgehead atoms. The molecule has 0 aromatic heterocycles. The molecule has 41 heavy (non-hydrogen) atoms. The first-order chi connectivity index (χ1) is 19.4. The van der Waals surface area contributed by atoms with Crippen LogP contribution in [0.1, 0.15) is 79.1 Å². The predicted octanol–water partition coefficient (Wildman–Crippen LogP) is 2.20. The highest BCUT2D eigenvalue weighted by atomic mass is 16.7. The standard InChI is InChI=1S/C32H52O9/c1-15-7-8-32(39-13-15)16(2)25-23(41-32)10-19-18-6-5-17-9-20(33)21(34)11-30(17,3)26(18)24(12-31(19,25)4)40-29-28(37)27(36)22(35)14-38-29/h15-29,33-37H,5-14H2,1-4H3/t15-,16+,17-,18+,19+,20+,21+,22+,23+,24-,25+,26-,27+,28-,29+,30+,31+,32-/m1/s1. The fourth-order valence-corrected chi connectivity index (χ4v) is 11.6. The van der Waals surface area contributed by atoms with E-state index in [1.807, 2.05) is 0 Å². The minimum atomic E-state index is -1.35. The van der Waals surface area contributed by atoms with Gasteiger partial charge in [0.25, 0.3) is 0 Å². The van der Waals surface area contributed by atoms with E-state index in [2.05, 4.69) is 27.7 Å². The summed E-state index contributed by atoms with van der Waals surface area (Å²) in [5, 5.41) is 52.9. The van der Waals surface area contributed by atoms with E-state index >= 15 is 0 Å². The lowest BCUT2D eigenvalue weighted by Crippen LogP contribution is -2.63. The quantitative estimate of drug-likeness (QED) is 0.333. The maximum Gasteiger partial charge on any atom is 0.186 e. The van der Waals surface area contributed by atoms with Gasteiger partial charge in [-0.05, 0) is 91.3 Å². The van der Waals surface area contributed by atoms with Crippen LogP contribution in [-0.4, -0.2) is 93.6 Å². The topological polar surface area (TPSA) is 138 Å². The van der Waals surface area contributed by atoms with Crippen LogP contribution in [0.25, 0.3) is 0 Å². The molecule has 3 heterocycles. The average Bonchev–Trinajstić information content (AvgIpc) is 3.36. The highest BCUT2D eigenvalue weighted by Crippen LogP contribution is 2.71. The lowest BCUT2D eigenvalue weighted by atomic mass is 9.43. The SMILES string of the molecule is C[C@@H]1CC[C@@]2(OC1)O[C@H]1C[C@H]3[C@@H]4CC[C@@H]5C[C@H](O)[C@@H](O)C[C@]5(C)[C@H]4[C@H](O[C@@H]4OC[C@H](O)[C@H](O)[C@H]4O)C[C@]3(C)[C@H]1[C@@H]2C. The van der Waals surface area contributed by atoms with Crippen molar-refractivity contribution in [3.05, 3.63) is 0 Å². The number of fused-ring (bicyclic) bond motifs is 7. The van der Waals surface area contributed by atoms with Crippen molar-refractivity contribution in [1.29, 1.82) is 0 Å². The Morgan fingerprint density at radius 1 is 0.780 bits per heavy atom. The smallest absolute Gasteiger partial charge is 0.186 e. The lowest BCUT2D eigenvalue weighted by Gasteiger charge is -2.64. The molecule has 4 aliphatic carbocycles. The monoisotopic (exact) mass is 580 g/mol. The highest BCUT2D eigenvalue weighted by molar-refractivity contribution is 5.18. The van der Waals surface area contributed by atoms with Crippen LogP contribution >= 0.6 is 0 Å². The summed E-state index contributed by atoms with van der Waals surface area (Å²) in [5.74, 6) is 1.78. The number of hydrogen-bond donors (Lipinski definition) is 5. The van der Waals surface area contributed by atoms with Crippen molar-refractivity contribution in [2.45, 2.75) is 134 Å². The van der Waals surface area contributed by atoms with Crippen molar-refractivity contribution >= 4 is 0 Å². The van der Waals surface area contributed by atoms with E-state index in [1.165, 1.54) is 0 Å². The summed E-state index contributed by atoms with van der Waals surface area (Å²) in [6, 6.07) is 0. The second-order valence-electron chi connectivity index (χ2n) is 15.8. The van der Waals surface area contributed by atoms with Crippen LogP contribution in [0, 0.1) is 52.3 Å². The Hall–Kier alpha value is -0.360. The van der Waals surface area contributed by atoms with Crippen molar-refractivity contribution in [3.8, 4) is 0 Å². The van der Waals surface area contributed by atoms with E-state index in [1.54, 1.807) is 0 Å². The average molecular weight is 581 g/mol. The Balaban J connectivity index is 1.23. The van der Waals surface area contributed by atoms with Gasteiger partial charge in [-0.3, -0.25) is 0 Å². The van der Waals surface area contributed by atoms with Crippen LogP contribution < -0.4 is 0 Å². The summed E-state index contributed by atoms with van der Waals surface area (Å²) < 4.78 is 26.0. The Kier molecular flexibility index (Phi) is 7.21. The molecule has 7 rings (SSSR count). The normalized spacial score (nSPS) is 62.1. The zero-order chi connectivity index (χ0) is 29.1.